The summed E-state index contributed by atoms with van der Waals surface area (Å²) in [6.45, 7) is 2.00. The van der Waals surface area contributed by atoms with Crippen molar-refractivity contribution >= 4 is 11.6 Å². The molecule has 0 bridgehead atoms. The highest BCUT2D eigenvalue weighted by Gasteiger charge is 2.05. The molecule has 0 aliphatic heterocycles. The Balaban J connectivity index is 2.70. The third kappa shape index (κ3) is 2.07. The Hall–Kier alpha value is -0.430. The van der Waals surface area contributed by atoms with E-state index in [2.05, 4.69) is 0 Å². The molecule has 1 nitrogen and oxygen atoms in total. The van der Waals surface area contributed by atoms with E-state index in [-0.39, 0.29) is 5.92 Å². The van der Waals surface area contributed by atoms with Gasteiger partial charge in [0, 0.05) is 11.5 Å². The lowest BCUT2D eigenvalue weighted by molar-refractivity contribution is 0.386. The summed E-state index contributed by atoms with van der Waals surface area (Å²) < 4.78 is 0. The van der Waals surface area contributed by atoms with E-state index in [0.717, 1.165) is 11.5 Å². The molecule has 0 saturated carbocycles. The molecule has 2 heteroatoms. The van der Waals surface area contributed by atoms with Crippen molar-refractivity contribution < 1.29 is 5.11 Å². The maximum Gasteiger partial charge on any atom is 0.0892 e. The predicted octanol–water partition coefficient (Wildman–Crippen LogP) is 2.98. The lowest BCUT2D eigenvalue weighted by atomic mass is 10.1. The molecular formula is C8H11ClO. The molecule has 10 heavy (non-hydrogen) atoms. The molecule has 1 rings (SSSR count). The zero-order valence-electron chi connectivity index (χ0n) is 5.97. The maximum atomic E-state index is 9.15. The fourth-order valence-corrected chi connectivity index (χ4v) is 1.34. The molecule has 1 aliphatic carbocycles. The molecule has 0 radical (unpaired) electrons. The third-order valence-electron chi connectivity index (χ3n) is 1.52. The zero-order chi connectivity index (χ0) is 7.56. The number of aliphatic hydroxyl groups is 1. The minimum Gasteiger partial charge on any atom is -0.513 e. The Morgan fingerprint density at radius 2 is 2.20 bits per heavy atom. The van der Waals surface area contributed by atoms with Crippen LogP contribution in [0.3, 0.4) is 0 Å². The SMILES string of the molecule is CC1C=C(O)CCC(Cl)=C1. The normalized spacial score (nSPS) is 26.8. The van der Waals surface area contributed by atoms with E-state index in [4.69, 9.17) is 16.7 Å². The average molecular weight is 159 g/mol. The zero-order valence-corrected chi connectivity index (χ0v) is 6.73. The number of hydrogen-bond acceptors (Lipinski definition) is 1. The molecule has 0 fully saturated rings. The second kappa shape index (κ2) is 3.11. The molecular weight excluding hydrogens is 148 g/mol. The van der Waals surface area contributed by atoms with Crippen LogP contribution in [0.15, 0.2) is 22.9 Å². The van der Waals surface area contributed by atoms with Crippen LogP contribution in [0.25, 0.3) is 0 Å². The number of allylic oxidation sites excluding steroid dienone is 4. The van der Waals surface area contributed by atoms with Gasteiger partial charge < -0.3 is 5.11 Å². The van der Waals surface area contributed by atoms with Gasteiger partial charge in [-0.05, 0) is 18.4 Å². The largest absolute Gasteiger partial charge is 0.513 e. The van der Waals surface area contributed by atoms with Gasteiger partial charge in [-0.1, -0.05) is 24.6 Å². The molecule has 0 heterocycles. The first-order chi connectivity index (χ1) is 4.68. The van der Waals surface area contributed by atoms with Gasteiger partial charge in [-0.2, -0.15) is 0 Å². The van der Waals surface area contributed by atoms with Crippen LogP contribution in [0.4, 0.5) is 0 Å². The Kier molecular flexibility index (Phi) is 2.39. The second-order valence-corrected chi connectivity index (χ2v) is 3.12. The summed E-state index contributed by atoms with van der Waals surface area (Å²) in [5.74, 6) is 0.731. The summed E-state index contributed by atoms with van der Waals surface area (Å²) in [4.78, 5) is 0. The molecule has 1 unspecified atom stereocenters. The maximum absolute atomic E-state index is 9.15. The first kappa shape index (κ1) is 7.67. The molecule has 0 amide bonds. The third-order valence-corrected chi connectivity index (χ3v) is 1.83. The number of aliphatic hydroxyl groups excluding tert-OH is 1. The van der Waals surface area contributed by atoms with Gasteiger partial charge in [0.15, 0.2) is 0 Å². The lowest BCUT2D eigenvalue weighted by Gasteiger charge is -1.95. The Bertz CT molecular complexity index is 162. The fourth-order valence-electron chi connectivity index (χ4n) is 1.05. The summed E-state index contributed by atoms with van der Waals surface area (Å²) in [5, 5.41) is 10.0. The van der Waals surface area contributed by atoms with Crippen molar-refractivity contribution in [1.29, 1.82) is 0 Å². The smallest absolute Gasteiger partial charge is 0.0892 e. The molecule has 0 aromatic heterocycles. The van der Waals surface area contributed by atoms with Gasteiger partial charge in [0.25, 0.3) is 0 Å². The van der Waals surface area contributed by atoms with E-state index in [1.165, 1.54) is 0 Å². The quantitative estimate of drug-likeness (QED) is 0.575. The van der Waals surface area contributed by atoms with Gasteiger partial charge in [-0.25, -0.2) is 0 Å². The summed E-state index contributed by atoms with van der Waals surface area (Å²) in [5.41, 5.74) is 0. The molecule has 56 valence electrons. The highest BCUT2D eigenvalue weighted by Crippen LogP contribution is 2.21. The van der Waals surface area contributed by atoms with Gasteiger partial charge in [-0.3, -0.25) is 0 Å². The highest BCUT2D eigenvalue weighted by molar-refractivity contribution is 6.29. The molecule has 1 aliphatic rings. The molecule has 1 N–H and O–H groups in total. The molecule has 0 saturated heterocycles. The van der Waals surface area contributed by atoms with E-state index in [0.29, 0.717) is 12.2 Å². The van der Waals surface area contributed by atoms with E-state index in [1.54, 1.807) is 0 Å². The minimum atomic E-state index is 0.273. The number of hydrogen-bond donors (Lipinski definition) is 1. The van der Waals surface area contributed by atoms with Crippen LogP contribution in [-0.2, 0) is 0 Å². The second-order valence-electron chi connectivity index (χ2n) is 2.63. The summed E-state index contributed by atoms with van der Waals surface area (Å²) >= 11 is 5.80. The lowest BCUT2D eigenvalue weighted by Crippen LogP contribution is -1.83. The van der Waals surface area contributed by atoms with Crippen molar-refractivity contribution in [1.82, 2.24) is 0 Å². The average Bonchev–Trinajstić information content (AvgIpc) is 1.93. The standard InChI is InChI=1S/C8H11ClO/c1-6-4-7(9)2-3-8(10)5-6/h4-6,10H,2-3H2,1H3. The van der Waals surface area contributed by atoms with E-state index in [9.17, 15) is 0 Å². The number of halogens is 1. The predicted molar refractivity (Wildman–Crippen MR) is 43.0 cm³/mol. The van der Waals surface area contributed by atoms with Crippen LogP contribution >= 0.6 is 11.6 Å². The van der Waals surface area contributed by atoms with Crippen LogP contribution in [0.1, 0.15) is 19.8 Å². The number of rotatable bonds is 0. The van der Waals surface area contributed by atoms with Crippen LogP contribution in [0.5, 0.6) is 0 Å². The molecule has 1 atom stereocenters. The van der Waals surface area contributed by atoms with E-state index >= 15 is 0 Å². The first-order valence-electron chi connectivity index (χ1n) is 3.44. The van der Waals surface area contributed by atoms with E-state index in [1.807, 2.05) is 19.1 Å². The van der Waals surface area contributed by atoms with Crippen molar-refractivity contribution in [2.75, 3.05) is 0 Å². The fraction of sp³-hybridized carbons (Fsp3) is 0.500. The van der Waals surface area contributed by atoms with Crippen LogP contribution in [0, 0.1) is 5.92 Å². The van der Waals surface area contributed by atoms with Gasteiger partial charge in [0.1, 0.15) is 0 Å². The van der Waals surface area contributed by atoms with Crippen molar-refractivity contribution in [3.8, 4) is 0 Å². The van der Waals surface area contributed by atoms with Crippen LogP contribution < -0.4 is 0 Å². The van der Waals surface area contributed by atoms with Gasteiger partial charge >= 0.3 is 0 Å². The topological polar surface area (TPSA) is 20.2 Å². The van der Waals surface area contributed by atoms with Gasteiger partial charge in [0.05, 0.1) is 5.76 Å². The monoisotopic (exact) mass is 158 g/mol. The Morgan fingerprint density at radius 3 is 2.90 bits per heavy atom. The van der Waals surface area contributed by atoms with Crippen molar-refractivity contribution in [3.05, 3.63) is 22.9 Å². The summed E-state index contributed by atoms with van der Waals surface area (Å²) in [6, 6.07) is 0. The van der Waals surface area contributed by atoms with Gasteiger partial charge in [0.2, 0.25) is 0 Å². The molecule has 0 aromatic carbocycles. The van der Waals surface area contributed by atoms with Crippen molar-refractivity contribution in [2.45, 2.75) is 19.8 Å². The minimum absolute atomic E-state index is 0.273. The van der Waals surface area contributed by atoms with Crippen LogP contribution in [-0.4, -0.2) is 5.11 Å². The first-order valence-corrected chi connectivity index (χ1v) is 3.82. The van der Waals surface area contributed by atoms with Gasteiger partial charge in [-0.15, -0.1) is 0 Å². The molecule has 0 spiro atoms. The highest BCUT2D eigenvalue weighted by atomic mass is 35.5. The molecule has 0 aromatic rings. The van der Waals surface area contributed by atoms with Crippen LogP contribution in [0.2, 0.25) is 0 Å². The van der Waals surface area contributed by atoms with E-state index < -0.39 is 0 Å². The summed E-state index contributed by atoms with van der Waals surface area (Å²) in [6.07, 6.45) is 5.24. The summed E-state index contributed by atoms with van der Waals surface area (Å²) in [7, 11) is 0. The Labute approximate surface area is 66.0 Å². The Morgan fingerprint density at radius 1 is 1.50 bits per heavy atom. The van der Waals surface area contributed by atoms with Crippen molar-refractivity contribution in [2.24, 2.45) is 5.92 Å². The van der Waals surface area contributed by atoms with Crippen molar-refractivity contribution in [3.63, 3.8) is 0 Å².